The Morgan fingerprint density at radius 1 is 1.23 bits per heavy atom. The number of ether oxygens (including phenoxy) is 1. The second-order valence-electron chi connectivity index (χ2n) is 8.67. The van der Waals surface area contributed by atoms with E-state index in [1.807, 2.05) is 0 Å². The first-order valence-corrected chi connectivity index (χ1v) is 12.3. The van der Waals surface area contributed by atoms with Crippen molar-refractivity contribution in [1.82, 2.24) is 15.2 Å². The summed E-state index contributed by atoms with van der Waals surface area (Å²) < 4.78 is 45.1. The number of urea groups is 1. The van der Waals surface area contributed by atoms with Gasteiger partial charge in [0.25, 0.3) is 5.91 Å². The predicted octanol–water partition coefficient (Wildman–Crippen LogP) is 0.876. The molecule has 1 spiro atoms. The first-order valence-electron chi connectivity index (χ1n) is 10.6. The number of aliphatic imine (C=N–C) groups is 1. The molecule has 4 rings (SSSR count). The van der Waals surface area contributed by atoms with Gasteiger partial charge in [0.15, 0.2) is 14.6 Å². The van der Waals surface area contributed by atoms with Crippen molar-refractivity contribution in [3.05, 3.63) is 53.6 Å². The number of amides is 3. The molecule has 13 heteroatoms. The van der Waals surface area contributed by atoms with Crippen molar-refractivity contribution >= 4 is 33.3 Å². The summed E-state index contributed by atoms with van der Waals surface area (Å²) in [5.74, 6) is -1.46. The standard InChI is InChI=1S/C22H25FN6O5S/c1-21(12-35(32,33)22(19(24)28-21)10-29(11-22)20(31)25-2)15-8-13(4-6-16(15)23)27-18(30)17-7-5-14(34-3)9-26-17/h4-9H,10-12H2,1-3H3,(H2,24,28)(H,25,31)(H,27,30). The Morgan fingerprint density at radius 3 is 2.51 bits per heavy atom. The number of carbonyl (C=O) groups excluding carboxylic acids is 2. The summed E-state index contributed by atoms with van der Waals surface area (Å²) in [4.78, 5) is 34.1. The Labute approximate surface area is 201 Å². The van der Waals surface area contributed by atoms with Crippen LogP contribution in [-0.2, 0) is 15.4 Å². The smallest absolute Gasteiger partial charge is 0.317 e. The summed E-state index contributed by atoms with van der Waals surface area (Å²) in [6.07, 6.45) is 1.39. The largest absolute Gasteiger partial charge is 0.495 e. The molecule has 2 aliphatic rings. The number of halogens is 1. The Morgan fingerprint density at radius 2 is 1.94 bits per heavy atom. The highest BCUT2D eigenvalue weighted by Crippen LogP contribution is 2.42. The molecule has 0 aliphatic carbocycles. The van der Waals surface area contributed by atoms with Crippen molar-refractivity contribution in [2.45, 2.75) is 17.2 Å². The summed E-state index contributed by atoms with van der Waals surface area (Å²) in [7, 11) is -1.01. The van der Waals surface area contributed by atoms with Crippen molar-refractivity contribution in [2.24, 2.45) is 10.7 Å². The number of nitrogens with two attached hydrogens (primary N) is 1. The van der Waals surface area contributed by atoms with Crippen molar-refractivity contribution in [3.8, 4) is 5.75 Å². The third-order valence-electron chi connectivity index (χ3n) is 6.30. The van der Waals surface area contributed by atoms with Crippen LogP contribution in [0.15, 0.2) is 41.5 Å². The normalized spacial score (nSPS) is 22.1. The average molecular weight is 505 g/mol. The van der Waals surface area contributed by atoms with E-state index in [9.17, 15) is 22.4 Å². The zero-order chi connectivity index (χ0) is 25.6. The second-order valence-corrected chi connectivity index (χ2v) is 11.0. The van der Waals surface area contributed by atoms with Gasteiger partial charge in [-0.25, -0.2) is 22.6 Å². The van der Waals surface area contributed by atoms with Crippen LogP contribution >= 0.6 is 0 Å². The molecule has 4 N–H and O–H groups in total. The van der Waals surface area contributed by atoms with E-state index in [0.717, 1.165) is 6.07 Å². The molecule has 2 aromatic rings. The number of pyridine rings is 1. The van der Waals surface area contributed by atoms with Crippen molar-refractivity contribution in [2.75, 3.05) is 38.3 Å². The summed E-state index contributed by atoms with van der Waals surface area (Å²) in [5.41, 5.74) is 4.90. The number of benzene rings is 1. The lowest BCUT2D eigenvalue weighted by molar-refractivity contribution is 0.102. The minimum atomic E-state index is -3.92. The molecule has 1 atom stereocenters. The highest BCUT2D eigenvalue weighted by Gasteiger charge is 2.62. The van der Waals surface area contributed by atoms with Crippen molar-refractivity contribution in [1.29, 1.82) is 0 Å². The monoisotopic (exact) mass is 504 g/mol. The van der Waals surface area contributed by atoms with Gasteiger partial charge in [0.1, 0.15) is 28.6 Å². The molecule has 1 aromatic carbocycles. The zero-order valence-electron chi connectivity index (χ0n) is 19.3. The van der Waals surface area contributed by atoms with E-state index in [2.05, 4.69) is 20.6 Å². The molecule has 1 fully saturated rings. The van der Waals surface area contributed by atoms with Crippen LogP contribution < -0.4 is 21.1 Å². The third-order valence-corrected chi connectivity index (χ3v) is 8.90. The summed E-state index contributed by atoms with van der Waals surface area (Å²) in [6.45, 7) is 1.20. The third kappa shape index (κ3) is 4.05. The van der Waals surface area contributed by atoms with Gasteiger partial charge in [-0.05, 0) is 37.3 Å². The van der Waals surface area contributed by atoms with E-state index in [0.29, 0.717) is 5.75 Å². The van der Waals surface area contributed by atoms with Gasteiger partial charge in [0, 0.05) is 18.3 Å². The Kier molecular flexibility index (Phi) is 5.91. The number of nitrogens with zero attached hydrogens (tertiary/aromatic N) is 3. The quantitative estimate of drug-likeness (QED) is 0.558. The number of nitrogens with one attached hydrogen (secondary N) is 2. The maximum atomic E-state index is 14.9. The van der Waals surface area contributed by atoms with Crippen molar-refractivity contribution < 1.29 is 27.1 Å². The number of hydrogen-bond acceptors (Lipinski definition) is 8. The highest BCUT2D eigenvalue weighted by atomic mass is 32.2. The lowest BCUT2D eigenvalue weighted by Crippen LogP contribution is -2.76. The van der Waals surface area contributed by atoms with E-state index in [1.54, 1.807) is 6.07 Å². The van der Waals surface area contributed by atoms with Gasteiger partial charge in [-0.15, -0.1) is 0 Å². The summed E-state index contributed by atoms with van der Waals surface area (Å²) >= 11 is 0. The summed E-state index contributed by atoms with van der Waals surface area (Å²) in [5, 5.41) is 5.06. The molecule has 11 nitrogen and oxygen atoms in total. The lowest BCUT2D eigenvalue weighted by atomic mass is 9.91. The van der Waals surface area contributed by atoms with Gasteiger partial charge >= 0.3 is 6.03 Å². The topological polar surface area (TPSA) is 156 Å². The van der Waals surface area contributed by atoms with Gasteiger partial charge in [0.2, 0.25) is 0 Å². The Bertz CT molecular complexity index is 1320. The minimum Gasteiger partial charge on any atom is -0.495 e. The molecule has 186 valence electrons. The number of methoxy groups -OCH3 is 1. The number of rotatable bonds is 4. The van der Waals surface area contributed by atoms with Crippen LogP contribution in [0, 0.1) is 5.82 Å². The van der Waals surface area contributed by atoms with E-state index < -0.39 is 43.6 Å². The molecule has 1 unspecified atom stereocenters. The van der Waals surface area contributed by atoms with E-state index in [1.165, 1.54) is 50.4 Å². The molecule has 35 heavy (non-hydrogen) atoms. The Balaban J connectivity index is 1.63. The van der Waals surface area contributed by atoms with Crippen LogP contribution in [-0.4, -0.2) is 73.8 Å². The van der Waals surface area contributed by atoms with E-state index >= 15 is 0 Å². The number of anilines is 1. The van der Waals surface area contributed by atoms with Gasteiger partial charge < -0.3 is 26.0 Å². The molecular formula is C22H25FN6O5S. The van der Waals surface area contributed by atoms with E-state index in [-0.39, 0.29) is 35.9 Å². The molecule has 0 bridgehead atoms. The van der Waals surface area contributed by atoms with Gasteiger partial charge in [-0.2, -0.15) is 0 Å². The number of hydrogen-bond donors (Lipinski definition) is 3. The maximum Gasteiger partial charge on any atom is 0.317 e. The van der Waals surface area contributed by atoms with Gasteiger partial charge in [0.05, 0.1) is 32.1 Å². The van der Waals surface area contributed by atoms with Gasteiger partial charge in [-0.3, -0.25) is 9.79 Å². The maximum absolute atomic E-state index is 14.9. The van der Waals surface area contributed by atoms with Crippen LogP contribution in [0.1, 0.15) is 23.0 Å². The van der Waals surface area contributed by atoms with Crippen LogP contribution in [0.25, 0.3) is 0 Å². The molecule has 0 saturated carbocycles. The van der Waals surface area contributed by atoms with Crippen LogP contribution in [0.5, 0.6) is 5.75 Å². The average Bonchev–Trinajstić information content (AvgIpc) is 2.78. The fourth-order valence-corrected chi connectivity index (χ4v) is 6.59. The van der Waals surface area contributed by atoms with Crippen LogP contribution in [0.4, 0.5) is 14.9 Å². The molecule has 1 saturated heterocycles. The summed E-state index contributed by atoms with van der Waals surface area (Å²) in [6, 6.07) is 6.43. The van der Waals surface area contributed by atoms with E-state index in [4.69, 9.17) is 10.5 Å². The zero-order valence-corrected chi connectivity index (χ0v) is 20.1. The number of amidine groups is 1. The fourth-order valence-electron chi connectivity index (χ4n) is 4.28. The molecular weight excluding hydrogens is 479 g/mol. The second kappa shape index (κ2) is 8.48. The Hall–Kier alpha value is -3.74. The lowest BCUT2D eigenvalue weighted by Gasteiger charge is -2.51. The fraction of sp³-hybridized carbons (Fsp3) is 0.364. The number of aromatic nitrogens is 1. The molecule has 0 radical (unpaired) electrons. The number of carbonyl (C=O) groups is 2. The molecule has 3 amide bonds. The molecule has 3 heterocycles. The van der Waals surface area contributed by atoms with Crippen molar-refractivity contribution in [3.63, 3.8) is 0 Å². The van der Waals surface area contributed by atoms with Crippen LogP contribution in [0.2, 0.25) is 0 Å². The van der Waals surface area contributed by atoms with Gasteiger partial charge in [-0.1, -0.05) is 0 Å². The minimum absolute atomic E-state index is 0.0400. The number of sulfone groups is 1. The highest BCUT2D eigenvalue weighted by molar-refractivity contribution is 7.93. The van der Waals surface area contributed by atoms with Crippen LogP contribution in [0.3, 0.4) is 0 Å². The SMILES string of the molecule is CNC(=O)N1CC2(C1)C(N)=NC(C)(c1cc(NC(=O)c3ccc(OC)cn3)ccc1F)CS2(=O)=O. The molecule has 2 aliphatic heterocycles. The first-order chi connectivity index (χ1) is 16.4. The first kappa shape index (κ1) is 24.4. The predicted molar refractivity (Wildman–Crippen MR) is 127 cm³/mol. The number of likely N-dealkylation sites (tertiary alicyclic amines) is 1. The molecule has 1 aromatic heterocycles.